The Bertz CT molecular complexity index is 1050. The molecule has 0 heterocycles. The first kappa shape index (κ1) is 29.8. The van der Waals surface area contributed by atoms with Crippen molar-refractivity contribution in [2.24, 2.45) is 0 Å². The minimum absolute atomic E-state index is 0. The molecule has 0 unspecified atom stereocenters. The maximum atomic E-state index is 2.42. The van der Waals surface area contributed by atoms with Crippen molar-refractivity contribution in [1.82, 2.24) is 0 Å². The number of allylic oxidation sites excluding steroid dienone is 4. The fraction of sp³-hybridized carbons (Fsp3) is 0.241. The Kier molecular flexibility index (Phi) is 11.7. The summed E-state index contributed by atoms with van der Waals surface area (Å²) in [7, 11) is 0. The molecule has 0 spiro atoms. The molecule has 3 aromatic carbocycles. The van der Waals surface area contributed by atoms with Crippen molar-refractivity contribution in [1.29, 1.82) is 0 Å². The first-order chi connectivity index (χ1) is 14.4. The normalized spacial score (nSPS) is 12.6. The van der Waals surface area contributed by atoms with Crippen molar-refractivity contribution in [2.45, 2.75) is 46.5 Å². The second kappa shape index (κ2) is 13.0. The standard InChI is InChI=1S/C29H29.3ClH.Ti/c1-20-13-21(2)16-26(15-20)29(27-17-22(3)14-23(4)18-27)28-12-8-11-25(28)19-24-9-6-5-7-10-24;;;;/h5-10,13-18,29H,12,19H2,1-4H3;3*1H;/q;;;;+3/p-3. The third-order valence-corrected chi connectivity index (χ3v) is 6.76. The van der Waals surface area contributed by atoms with Gasteiger partial charge in [0.15, 0.2) is 0 Å². The largest absolute Gasteiger partial charge is 1.00 e. The SMILES string of the molecule is Cc1cc(C)cc(C(C2=C(Cc3ccccc3)[C]([Ti+3])=CC2)c2cc(C)cc(C)c2)c1.[Cl-].[Cl-].[Cl-]. The maximum Gasteiger partial charge on any atom is -1.00 e. The van der Waals surface area contributed by atoms with E-state index in [1.807, 2.05) is 0 Å². The quantitative estimate of drug-likeness (QED) is 0.350. The molecule has 3 aromatic rings. The summed E-state index contributed by atoms with van der Waals surface area (Å²) in [6.45, 7) is 8.86. The van der Waals surface area contributed by atoms with Gasteiger partial charge in [-0.25, -0.2) is 0 Å². The van der Waals surface area contributed by atoms with E-state index >= 15 is 0 Å². The molecule has 0 atom stereocenters. The van der Waals surface area contributed by atoms with Crippen LogP contribution in [-0.4, -0.2) is 0 Å². The van der Waals surface area contributed by atoms with E-state index in [9.17, 15) is 0 Å². The summed E-state index contributed by atoms with van der Waals surface area (Å²) in [5.74, 6) is 0.301. The van der Waals surface area contributed by atoms with E-state index in [1.165, 1.54) is 48.4 Å². The Labute approximate surface area is 229 Å². The van der Waals surface area contributed by atoms with Crippen molar-refractivity contribution in [3.63, 3.8) is 0 Å². The average molecular weight is 532 g/mol. The first-order valence-corrected chi connectivity index (χ1v) is 11.5. The number of halogens is 3. The average Bonchev–Trinajstić information content (AvgIpc) is 3.02. The predicted octanol–water partition coefficient (Wildman–Crippen LogP) is -1.56. The van der Waals surface area contributed by atoms with Crippen LogP contribution in [0.4, 0.5) is 0 Å². The molecule has 33 heavy (non-hydrogen) atoms. The zero-order valence-corrected chi connectivity index (χ0v) is 23.4. The summed E-state index contributed by atoms with van der Waals surface area (Å²) < 4.78 is 1.44. The predicted molar refractivity (Wildman–Crippen MR) is 124 cm³/mol. The second-order valence-corrected chi connectivity index (χ2v) is 9.60. The van der Waals surface area contributed by atoms with E-state index in [2.05, 4.69) is 121 Å². The van der Waals surface area contributed by atoms with Crippen LogP contribution < -0.4 is 37.2 Å². The fourth-order valence-corrected chi connectivity index (χ4v) is 5.43. The van der Waals surface area contributed by atoms with Crippen LogP contribution in [0, 0.1) is 27.7 Å². The third kappa shape index (κ3) is 7.11. The maximum absolute atomic E-state index is 2.42. The topological polar surface area (TPSA) is 0 Å². The monoisotopic (exact) mass is 530 g/mol. The molecule has 0 bridgehead atoms. The summed E-state index contributed by atoms with van der Waals surface area (Å²) in [4.78, 5) is 0. The molecule has 0 aliphatic heterocycles. The Hall–Kier alpha value is -1.28. The summed E-state index contributed by atoms with van der Waals surface area (Å²) in [5, 5.41) is 0. The van der Waals surface area contributed by atoms with Gasteiger partial charge in [0.05, 0.1) is 0 Å². The van der Waals surface area contributed by atoms with Crippen LogP contribution >= 0.6 is 0 Å². The molecule has 170 valence electrons. The molecule has 0 fully saturated rings. The van der Waals surface area contributed by atoms with Crippen molar-refractivity contribution >= 4 is 0 Å². The van der Waals surface area contributed by atoms with Crippen LogP contribution in [0.25, 0.3) is 0 Å². The van der Waals surface area contributed by atoms with Gasteiger partial charge in [0.2, 0.25) is 0 Å². The first-order valence-electron chi connectivity index (χ1n) is 10.7. The van der Waals surface area contributed by atoms with Gasteiger partial charge in [0.25, 0.3) is 0 Å². The van der Waals surface area contributed by atoms with Gasteiger partial charge in [0, 0.05) is 0 Å². The molecule has 0 saturated carbocycles. The van der Waals surface area contributed by atoms with Crippen LogP contribution in [0.3, 0.4) is 0 Å². The van der Waals surface area contributed by atoms with Gasteiger partial charge in [-0.1, -0.05) is 0 Å². The molecule has 1 aliphatic rings. The minimum Gasteiger partial charge on any atom is -1.00 e. The molecular formula is C29H29Cl3Ti. The summed E-state index contributed by atoms with van der Waals surface area (Å²) in [6.07, 6.45) is 4.47. The van der Waals surface area contributed by atoms with Crippen molar-refractivity contribution in [3.8, 4) is 0 Å². The Balaban J connectivity index is 0.00000181. The molecule has 4 rings (SSSR count). The van der Waals surface area contributed by atoms with Crippen molar-refractivity contribution in [3.05, 3.63) is 127 Å². The molecular weight excluding hydrogens is 503 g/mol. The van der Waals surface area contributed by atoms with Gasteiger partial charge in [0.1, 0.15) is 0 Å². The number of benzene rings is 3. The van der Waals surface area contributed by atoms with E-state index in [0.29, 0.717) is 5.92 Å². The molecule has 0 amide bonds. The third-order valence-electron chi connectivity index (χ3n) is 5.97. The summed E-state index contributed by atoms with van der Waals surface area (Å²) in [5.41, 5.74) is 12.7. The van der Waals surface area contributed by atoms with E-state index in [-0.39, 0.29) is 37.2 Å². The van der Waals surface area contributed by atoms with E-state index < -0.39 is 0 Å². The molecule has 0 radical (unpaired) electrons. The number of hydrogen-bond donors (Lipinski definition) is 0. The molecule has 0 nitrogen and oxygen atoms in total. The minimum atomic E-state index is 0. The number of hydrogen-bond acceptors (Lipinski definition) is 0. The molecule has 4 heteroatoms. The molecule has 0 N–H and O–H groups in total. The molecule has 0 aromatic heterocycles. The van der Waals surface area contributed by atoms with Crippen LogP contribution in [-0.2, 0) is 26.9 Å². The molecule has 1 aliphatic carbocycles. The van der Waals surface area contributed by atoms with Gasteiger partial charge in [-0.05, 0) is 0 Å². The van der Waals surface area contributed by atoms with Crippen LogP contribution in [0.15, 0.2) is 87.8 Å². The summed E-state index contributed by atoms with van der Waals surface area (Å²) in [6, 6.07) is 25.0. The Morgan fingerprint density at radius 3 is 1.61 bits per heavy atom. The van der Waals surface area contributed by atoms with Crippen molar-refractivity contribution in [2.75, 3.05) is 0 Å². The van der Waals surface area contributed by atoms with Gasteiger partial charge >= 0.3 is 194 Å². The van der Waals surface area contributed by atoms with Crippen molar-refractivity contribution < 1.29 is 57.7 Å². The number of rotatable bonds is 5. The van der Waals surface area contributed by atoms with Crippen LogP contribution in [0.1, 0.15) is 51.3 Å². The zero-order valence-electron chi connectivity index (χ0n) is 19.6. The van der Waals surface area contributed by atoms with Crippen LogP contribution in [0.5, 0.6) is 0 Å². The van der Waals surface area contributed by atoms with E-state index in [4.69, 9.17) is 0 Å². The fourth-order valence-electron chi connectivity index (χ4n) is 4.88. The zero-order chi connectivity index (χ0) is 21.3. The second-order valence-electron chi connectivity index (χ2n) is 8.76. The van der Waals surface area contributed by atoms with Gasteiger partial charge in [-0.2, -0.15) is 0 Å². The smallest absolute Gasteiger partial charge is 1.00 e. The molecule has 0 saturated heterocycles. The summed E-state index contributed by atoms with van der Waals surface area (Å²) >= 11 is 2.28. The van der Waals surface area contributed by atoms with Gasteiger partial charge in [-0.3, -0.25) is 0 Å². The van der Waals surface area contributed by atoms with Gasteiger partial charge < -0.3 is 37.2 Å². The van der Waals surface area contributed by atoms with Crippen LogP contribution in [0.2, 0.25) is 0 Å². The Morgan fingerprint density at radius 1 is 0.697 bits per heavy atom. The van der Waals surface area contributed by atoms with Gasteiger partial charge in [-0.15, -0.1) is 0 Å². The number of aryl methyl sites for hydroxylation is 4. The Morgan fingerprint density at radius 2 is 1.15 bits per heavy atom. The van der Waals surface area contributed by atoms with E-state index in [1.54, 1.807) is 5.57 Å². The van der Waals surface area contributed by atoms with E-state index in [0.717, 1.165) is 12.8 Å².